The number of rotatable bonds is 4. The summed E-state index contributed by atoms with van der Waals surface area (Å²) in [7, 11) is 0. The molecule has 0 radical (unpaired) electrons. The number of thiophene rings is 1. The lowest BCUT2D eigenvalue weighted by atomic mass is 9.83. The molecule has 3 N–H and O–H groups in total. The van der Waals surface area contributed by atoms with Gasteiger partial charge in [0.15, 0.2) is 0 Å². The summed E-state index contributed by atoms with van der Waals surface area (Å²) in [6.45, 7) is 0. The molecule has 0 spiro atoms. The van der Waals surface area contributed by atoms with E-state index in [2.05, 4.69) is 22.4 Å². The van der Waals surface area contributed by atoms with Gasteiger partial charge in [-0.05, 0) is 48.4 Å². The summed E-state index contributed by atoms with van der Waals surface area (Å²) >= 11 is 1.46. The zero-order valence-corrected chi connectivity index (χ0v) is 15.5. The molecular formula is C21H19N3O2S. The van der Waals surface area contributed by atoms with Gasteiger partial charge in [-0.3, -0.25) is 14.6 Å². The quantitative estimate of drug-likeness (QED) is 0.726. The number of hydrogen-bond donors (Lipinski definition) is 2. The Balaban J connectivity index is 1.64. The second-order valence-corrected chi connectivity index (χ2v) is 7.72. The van der Waals surface area contributed by atoms with E-state index in [-0.39, 0.29) is 5.91 Å². The van der Waals surface area contributed by atoms with E-state index in [1.165, 1.54) is 23.1 Å². The predicted octanol–water partition coefficient (Wildman–Crippen LogP) is 3.77. The molecule has 2 heterocycles. The van der Waals surface area contributed by atoms with E-state index >= 15 is 0 Å². The average Bonchev–Trinajstić information content (AvgIpc) is 3.06. The molecule has 1 aliphatic carbocycles. The van der Waals surface area contributed by atoms with Crippen molar-refractivity contribution in [2.45, 2.75) is 25.2 Å². The van der Waals surface area contributed by atoms with Crippen molar-refractivity contribution in [3.05, 3.63) is 82.0 Å². The van der Waals surface area contributed by atoms with E-state index in [9.17, 15) is 9.59 Å². The molecule has 2 amide bonds. The lowest BCUT2D eigenvalue weighted by Crippen LogP contribution is -2.19. The largest absolute Gasteiger partial charge is 0.365 e. The van der Waals surface area contributed by atoms with Crippen molar-refractivity contribution in [1.29, 1.82) is 0 Å². The van der Waals surface area contributed by atoms with Crippen molar-refractivity contribution in [2.75, 3.05) is 5.32 Å². The normalized spacial score (nSPS) is 15.8. The van der Waals surface area contributed by atoms with Gasteiger partial charge in [0.05, 0.1) is 11.1 Å². The molecule has 0 saturated heterocycles. The van der Waals surface area contributed by atoms with Gasteiger partial charge < -0.3 is 11.1 Å². The Morgan fingerprint density at radius 1 is 1.15 bits per heavy atom. The Hall–Kier alpha value is -2.99. The minimum Gasteiger partial charge on any atom is -0.365 e. The number of amides is 2. The van der Waals surface area contributed by atoms with Crippen molar-refractivity contribution in [2.24, 2.45) is 5.73 Å². The number of carbonyl (C=O) groups excluding carboxylic acids is 2. The summed E-state index contributed by atoms with van der Waals surface area (Å²) in [4.78, 5) is 29.7. The van der Waals surface area contributed by atoms with Crippen LogP contribution in [0.5, 0.6) is 0 Å². The van der Waals surface area contributed by atoms with Crippen LogP contribution in [0.2, 0.25) is 0 Å². The maximum Gasteiger partial charge on any atom is 0.257 e. The second-order valence-electron chi connectivity index (χ2n) is 6.62. The van der Waals surface area contributed by atoms with Crippen molar-refractivity contribution in [3.63, 3.8) is 0 Å². The Morgan fingerprint density at radius 2 is 1.96 bits per heavy atom. The molecule has 27 heavy (non-hydrogen) atoms. The maximum atomic E-state index is 12.5. The molecule has 1 unspecified atom stereocenters. The fraction of sp³-hybridized carbons (Fsp3) is 0.190. The van der Waals surface area contributed by atoms with E-state index in [4.69, 9.17) is 5.73 Å². The number of nitrogens with zero attached hydrogens (tertiary/aromatic N) is 1. The van der Waals surface area contributed by atoms with Gasteiger partial charge in [0.2, 0.25) is 0 Å². The van der Waals surface area contributed by atoms with Crippen LogP contribution >= 0.6 is 11.3 Å². The number of aromatic nitrogens is 1. The lowest BCUT2D eigenvalue weighted by Gasteiger charge is -2.22. The summed E-state index contributed by atoms with van der Waals surface area (Å²) in [6.07, 6.45) is 5.71. The van der Waals surface area contributed by atoms with E-state index in [1.54, 1.807) is 18.3 Å². The Labute approximate surface area is 161 Å². The SMILES string of the molecule is NC(=O)c1c(NC(=O)c2cccnc2)sc2c1CCC(c1ccccc1)C2. The van der Waals surface area contributed by atoms with Gasteiger partial charge in [-0.2, -0.15) is 0 Å². The first-order valence-electron chi connectivity index (χ1n) is 8.84. The van der Waals surface area contributed by atoms with Crippen molar-refractivity contribution in [1.82, 2.24) is 4.98 Å². The number of benzene rings is 1. The minimum absolute atomic E-state index is 0.288. The van der Waals surface area contributed by atoms with Crippen LogP contribution in [0.25, 0.3) is 0 Å². The molecule has 0 aliphatic heterocycles. The monoisotopic (exact) mass is 377 g/mol. The molecule has 5 nitrogen and oxygen atoms in total. The summed E-state index contributed by atoms with van der Waals surface area (Å²) in [5, 5.41) is 3.40. The maximum absolute atomic E-state index is 12.5. The number of fused-ring (bicyclic) bond motifs is 1. The molecule has 1 atom stereocenters. The van der Waals surface area contributed by atoms with E-state index in [0.29, 0.717) is 22.0 Å². The van der Waals surface area contributed by atoms with Gasteiger partial charge in [0.25, 0.3) is 11.8 Å². The first-order chi connectivity index (χ1) is 13.1. The Bertz CT molecular complexity index is 983. The molecule has 0 fully saturated rings. The van der Waals surface area contributed by atoms with Gasteiger partial charge in [0, 0.05) is 17.3 Å². The number of carbonyl (C=O) groups is 2. The Kier molecular flexibility index (Phi) is 4.73. The van der Waals surface area contributed by atoms with E-state index < -0.39 is 5.91 Å². The highest BCUT2D eigenvalue weighted by atomic mass is 32.1. The van der Waals surface area contributed by atoms with Crippen LogP contribution < -0.4 is 11.1 Å². The highest BCUT2D eigenvalue weighted by molar-refractivity contribution is 7.17. The number of pyridine rings is 1. The van der Waals surface area contributed by atoms with E-state index in [1.807, 2.05) is 18.2 Å². The topological polar surface area (TPSA) is 85.1 Å². The molecule has 6 heteroatoms. The minimum atomic E-state index is -0.493. The molecule has 1 aliphatic rings. The van der Waals surface area contributed by atoms with E-state index in [0.717, 1.165) is 29.7 Å². The molecule has 0 bridgehead atoms. The number of anilines is 1. The second kappa shape index (κ2) is 7.32. The highest BCUT2D eigenvalue weighted by Crippen LogP contribution is 2.42. The summed E-state index contributed by atoms with van der Waals surface area (Å²) in [6, 6.07) is 13.8. The number of hydrogen-bond acceptors (Lipinski definition) is 4. The first kappa shape index (κ1) is 17.4. The molecule has 136 valence electrons. The molecular weight excluding hydrogens is 358 g/mol. The zero-order valence-electron chi connectivity index (χ0n) is 14.6. The van der Waals surface area contributed by atoms with Gasteiger partial charge in [-0.1, -0.05) is 30.3 Å². The van der Waals surface area contributed by atoms with Crippen LogP contribution in [0.4, 0.5) is 5.00 Å². The van der Waals surface area contributed by atoms with Crippen LogP contribution in [-0.2, 0) is 12.8 Å². The number of primary amides is 1. The zero-order chi connectivity index (χ0) is 18.8. The molecule has 3 aromatic rings. The molecule has 1 aromatic carbocycles. The fourth-order valence-corrected chi connectivity index (χ4v) is 4.94. The third-order valence-corrected chi connectivity index (χ3v) is 6.10. The van der Waals surface area contributed by atoms with Crippen LogP contribution in [0, 0.1) is 0 Å². The molecule has 4 rings (SSSR count). The van der Waals surface area contributed by atoms with Gasteiger partial charge in [-0.25, -0.2) is 0 Å². The number of nitrogens with one attached hydrogen (secondary N) is 1. The summed E-state index contributed by atoms with van der Waals surface area (Å²) in [5.41, 5.74) is 8.84. The van der Waals surface area contributed by atoms with Gasteiger partial charge in [0.1, 0.15) is 5.00 Å². The van der Waals surface area contributed by atoms with Crippen LogP contribution in [-0.4, -0.2) is 16.8 Å². The standard InChI is InChI=1S/C21H19N3O2S/c22-19(25)18-16-9-8-14(13-5-2-1-3-6-13)11-17(16)27-21(18)24-20(26)15-7-4-10-23-12-15/h1-7,10,12,14H,8-9,11H2,(H2,22,25)(H,24,26). The lowest BCUT2D eigenvalue weighted by molar-refractivity contribution is 0.100. The van der Waals surface area contributed by atoms with Crippen LogP contribution in [0.1, 0.15) is 49.1 Å². The molecule has 0 saturated carbocycles. The predicted molar refractivity (Wildman–Crippen MR) is 106 cm³/mol. The van der Waals surface area contributed by atoms with Gasteiger partial charge in [-0.15, -0.1) is 11.3 Å². The fourth-order valence-electron chi connectivity index (χ4n) is 3.62. The third-order valence-electron chi connectivity index (χ3n) is 4.93. The summed E-state index contributed by atoms with van der Waals surface area (Å²) in [5.74, 6) is -0.365. The van der Waals surface area contributed by atoms with Crippen LogP contribution in [0.15, 0.2) is 54.9 Å². The molecule has 2 aromatic heterocycles. The first-order valence-corrected chi connectivity index (χ1v) is 9.66. The summed E-state index contributed by atoms with van der Waals surface area (Å²) < 4.78 is 0. The highest BCUT2D eigenvalue weighted by Gasteiger charge is 2.29. The van der Waals surface area contributed by atoms with Crippen molar-refractivity contribution < 1.29 is 9.59 Å². The van der Waals surface area contributed by atoms with Crippen molar-refractivity contribution in [3.8, 4) is 0 Å². The third kappa shape index (κ3) is 3.48. The number of nitrogens with two attached hydrogens (primary N) is 1. The smallest absolute Gasteiger partial charge is 0.257 e. The van der Waals surface area contributed by atoms with Crippen LogP contribution in [0.3, 0.4) is 0 Å². The van der Waals surface area contributed by atoms with Crippen molar-refractivity contribution >= 4 is 28.2 Å². The average molecular weight is 377 g/mol. The Morgan fingerprint density at radius 3 is 2.67 bits per heavy atom. The van der Waals surface area contributed by atoms with Gasteiger partial charge >= 0.3 is 0 Å².